The molecule has 1 N–H and O–H groups in total. The van der Waals surface area contributed by atoms with E-state index in [1.54, 1.807) is 4.90 Å². The van der Waals surface area contributed by atoms with Crippen LogP contribution in [0.15, 0.2) is 24.3 Å². The molecular formula is C21H29ClN2O3S. The third kappa shape index (κ3) is 4.39. The highest BCUT2D eigenvalue weighted by molar-refractivity contribution is 7.90. The predicted octanol–water partition coefficient (Wildman–Crippen LogP) is 3.69. The van der Waals surface area contributed by atoms with Crippen molar-refractivity contribution < 1.29 is 13.2 Å². The number of carbonyl (C=O) groups is 1. The van der Waals surface area contributed by atoms with Crippen molar-refractivity contribution in [2.45, 2.75) is 68.6 Å². The Morgan fingerprint density at radius 1 is 1.04 bits per heavy atom. The molecule has 1 heterocycles. The summed E-state index contributed by atoms with van der Waals surface area (Å²) >= 11 is 5.94. The predicted molar refractivity (Wildman–Crippen MR) is 111 cm³/mol. The molecule has 2 aliphatic carbocycles. The molecule has 154 valence electrons. The molecule has 2 saturated carbocycles. The number of nitrogens with one attached hydrogen (secondary N) is 1. The van der Waals surface area contributed by atoms with E-state index >= 15 is 0 Å². The molecule has 1 aromatic carbocycles. The summed E-state index contributed by atoms with van der Waals surface area (Å²) in [4.78, 5) is 14.5. The summed E-state index contributed by atoms with van der Waals surface area (Å²) in [5.41, 5.74) is 1.21. The summed E-state index contributed by atoms with van der Waals surface area (Å²) in [5, 5.41) is 0.232. The number of amides is 1. The Hall–Kier alpha value is -1.11. The fourth-order valence-corrected chi connectivity index (χ4v) is 6.70. The Kier molecular flexibility index (Phi) is 6.00. The molecule has 1 saturated heterocycles. The van der Waals surface area contributed by atoms with Crippen LogP contribution in [0.25, 0.3) is 0 Å². The second-order valence-electron chi connectivity index (χ2n) is 8.61. The first kappa shape index (κ1) is 20.2. The molecule has 1 unspecified atom stereocenters. The Labute approximate surface area is 172 Å². The van der Waals surface area contributed by atoms with Crippen LogP contribution in [0.3, 0.4) is 0 Å². The molecule has 4 rings (SSSR count). The molecule has 0 spiro atoms. The number of sulfonamides is 1. The van der Waals surface area contributed by atoms with E-state index in [9.17, 15) is 13.2 Å². The van der Waals surface area contributed by atoms with Gasteiger partial charge in [-0.1, -0.05) is 36.6 Å². The molecule has 1 atom stereocenters. The molecule has 28 heavy (non-hydrogen) atoms. The summed E-state index contributed by atoms with van der Waals surface area (Å²) in [6.07, 6.45) is 7.18. The van der Waals surface area contributed by atoms with Gasteiger partial charge >= 0.3 is 0 Å². The maximum atomic E-state index is 12.9. The summed E-state index contributed by atoms with van der Waals surface area (Å²) in [6.45, 7) is 1.04. The number of piperidine rings is 1. The topological polar surface area (TPSA) is 66.5 Å². The molecule has 0 bridgehead atoms. The van der Waals surface area contributed by atoms with Crippen molar-refractivity contribution in [1.82, 2.24) is 9.62 Å². The average molecular weight is 425 g/mol. The maximum absolute atomic E-state index is 12.9. The van der Waals surface area contributed by atoms with Crippen LogP contribution in [-0.4, -0.2) is 43.6 Å². The number of benzene rings is 1. The Morgan fingerprint density at radius 3 is 2.39 bits per heavy atom. The zero-order valence-electron chi connectivity index (χ0n) is 16.1. The third-order valence-corrected chi connectivity index (χ3v) is 8.82. The van der Waals surface area contributed by atoms with Crippen molar-refractivity contribution in [2.24, 2.45) is 5.92 Å². The summed E-state index contributed by atoms with van der Waals surface area (Å²) in [6, 6.07) is 7.79. The van der Waals surface area contributed by atoms with Gasteiger partial charge in [0, 0.05) is 30.1 Å². The lowest BCUT2D eigenvalue weighted by Gasteiger charge is -2.39. The number of hydrogen-bond acceptors (Lipinski definition) is 3. The van der Waals surface area contributed by atoms with Crippen molar-refractivity contribution in [2.75, 3.05) is 13.1 Å². The highest BCUT2D eigenvalue weighted by atomic mass is 35.5. The highest BCUT2D eigenvalue weighted by Gasteiger charge is 2.39. The van der Waals surface area contributed by atoms with Gasteiger partial charge in [-0.2, -0.15) is 0 Å². The highest BCUT2D eigenvalue weighted by Crippen LogP contribution is 2.38. The Bertz CT molecular complexity index is 799. The van der Waals surface area contributed by atoms with Gasteiger partial charge in [0.25, 0.3) is 0 Å². The summed E-state index contributed by atoms with van der Waals surface area (Å²) in [7, 11) is -3.41. The minimum absolute atomic E-state index is 0.00779. The fraction of sp³-hybridized carbons (Fsp3) is 0.667. The van der Waals surface area contributed by atoms with Gasteiger partial charge in [0.05, 0.1) is 5.25 Å². The minimum atomic E-state index is -3.41. The van der Waals surface area contributed by atoms with Crippen molar-refractivity contribution in [3.8, 4) is 0 Å². The molecule has 3 aliphatic rings. The van der Waals surface area contributed by atoms with Crippen LogP contribution in [0.5, 0.6) is 0 Å². The van der Waals surface area contributed by atoms with Crippen LogP contribution in [0, 0.1) is 5.92 Å². The van der Waals surface area contributed by atoms with Crippen molar-refractivity contribution >= 4 is 27.5 Å². The number of carbonyl (C=O) groups excluding carboxylic acids is 1. The maximum Gasteiger partial charge on any atom is 0.225 e. The first-order valence-corrected chi connectivity index (χ1v) is 12.4. The number of halogens is 1. The molecule has 3 fully saturated rings. The van der Waals surface area contributed by atoms with Gasteiger partial charge < -0.3 is 4.90 Å². The Balaban J connectivity index is 1.31. The molecular weight excluding hydrogens is 396 g/mol. The monoisotopic (exact) mass is 424 g/mol. The van der Waals surface area contributed by atoms with Crippen LogP contribution in [0.4, 0.5) is 0 Å². The van der Waals surface area contributed by atoms with Gasteiger partial charge in [0.15, 0.2) is 0 Å². The van der Waals surface area contributed by atoms with Crippen LogP contribution in [0.2, 0.25) is 5.02 Å². The minimum Gasteiger partial charge on any atom is -0.341 e. The molecule has 7 heteroatoms. The van der Waals surface area contributed by atoms with Gasteiger partial charge in [-0.25, -0.2) is 13.1 Å². The molecule has 0 aromatic heterocycles. The van der Waals surface area contributed by atoms with E-state index in [0.29, 0.717) is 30.5 Å². The van der Waals surface area contributed by atoms with Crippen molar-refractivity contribution in [3.05, 3.63) is 34.9 Å². The normalized spacial score (nSPS) is 28.9. The lowest BCUT2D eigenvalue weighted by Crippen LogP contribution is -2.53. The molecule has 1 aliphatic heterocycles. The number of rotatable bonds is 5. The number of nitrogens with zero attached hydrogens (tertiary/aromatic N) is 1. The van der Waals surface area contributed by atoms with Crippen molar-refractivity contribution in [3.63, 3.8) is 0 Å². The quantitative estimate of drug-likeness (QED) is 0.783. The lowest BCUT2D eigenvalue weighted by molar-refractivity contribution is -0.136. The first-order chi connectivity index (χ1) is 13.4. The molecule has 1 aromatic rings. The number of likely N-dealkylation sites (tertiary alicyclic amines) is 1. The number of hydrogen-bond donors (Lipinski definition) is 1. The average Bonchev–Trinajstić information content (AvgIpc) is 3.20. The van der Waals surface area contributed by atoms with E-state index in [-0.39, 0.29) is 17.9 Å². The van der Waals surface area contributed by atoms with Gasteiger partial charge in [-0.05, 0) is 62.1 Å². The van der Waals surface area contributed by atoms with Gasteiger partial charge in [0.2, 0.25) is 15.9 Å². The smallest absolute Gasteiger partial charge is 0.225 e. The standard InChI is InChI=1S/C21H29ClN2O3S/c22-18-9-7-15(8-10-18)17-12-19(13-17)23-28(26,27)20-6-3-11-24(14-20)21(25)16-4-1-2-5-16/h7-10,16-17,19-20,23H,1-6,11-14H2. The lowest BCUT2D eigenvalue weighted by atomic mass is 9.76. The van der Waals surface area contributed by atoms with E-state index in [4.69, 9.17) is 11.6 Å². The van der Waals surface area contributed by atoms with Gasteiger partial charge in [-0.3, -0.25) is 4.79 Å². The van der Waals surface area contributed by atoms with Crippen molar-refractivity contribution in [1.29, 1.82) is 0 Å². The van der Waals surface area contributed by atoms with E-state index in [2.05, 4.69) is 4.72 Å². The largest absolute Gasteiger partial charge is 0.341 e. The summed E-state index contributed by atoms with van der Waals surface area (Å²) in [5.74, 6) is 0.668. The van der Waals surface area contributed by atoms with E-state index in [0.717, 1.165) is 44.9 Å². The second kappa shape index (κ2) is 8.33. The van der Waals surface area contributed by atoms with Crippen LogP contribution in [0.1, 0.15) is 62.8 Å². The molecule has 5 nitrogen and oxygen atoms in total. The van der Waals surface area contributed by atoms with Gasteiger partial charge in [0.1, 0.15) is 0 Å². The van der Waals surface area contributed by atoms with Crippen LogP contribution in [-0.2, 0) is 14.8 Å². The molecule has 1 amide bonds. The van der Waals surface area contributed by atoms with Crippen LogP contribution < -0.4 is 4.72 Å². The fourth-order valence-electron chi connectivity index (χ4n) is 4.87. The summed E-state index contributed by atoms with van der Waals surface area (Å²) < 4.78 is 28.7. The van der Waals surface area contributed by atoms with Crippen LogP contribution >= 0.6 is 11.6 Å². The zero-order chi connectivity index (χ0) is 19.7. The second-order valence-corrected chi connectivity index (χ2v) is 11.0. The first-order valence-electron chi connectivity index (χ1n) is 10.5. The van der Waals surface area contributed by atoms with E-state index < -0.39 is 15.3 Å². The van der Waals surface area contributed by atoms with E-state index in [1.807, 2.05) is 24.3 Å². The third-order valence-electron chi connectivity index (χ3n) is 6.64. The van der Waals surface area contributed by atoms with E-state index in [1.165, 1.54) is 5.56 Å². The molecule has 0 radical (unpaired) electrons. The Morgan fingerprint density at radius 2 is 1.71 bits per heavy atom. The zero-order valence-corrected chi connectivity index (χ0v) is 17.7. The van der Waals surface area contributed by atoms with Gasteiger partial charge in [-0.15, -0.1) is 0 Å². The SMILES string of the molecule is O=C(C1CCCC1)N1CCCC(S(=O)(=O)NC2CC(c3ccc(Cl)cc3)C2)C1.